The summed E-state index contributed by atoms with van der Waals surface area (Å²) in [4.78, 5) is 0. The van der Waals surface area contributed by atoms with Gasteiger partial charge >= 0.3 is 17.1 Å². The summed E-state index contributed by atoms with van der Waals surface area (Å²) in [6, 6.07) is 0. The van der Waals surface area contributed by atoms with Gasteiger partial charge in [-0.15, -0.1) is 0 Å². The SMILES string of the molecule is N/C([S-])=N/N=C/C=N/N=C(/N)[S-].[Cu+2]. The van der Waals surface area contributed by atoms with E-state index in [4.69, 9.17) is 11.5 Å². The molecule has 0 heterocycles. The maximum absolute atomic E-state index is 5.00. The van der Waals surface area contributed by atoms with Crippen molar-refractivity contribution < 1.29 is 17.1 Å². The summed E-state index contributed by atoms with van der Waals surface area (Å²) in [5.74, 6) is 0. The molecule has 4 N–H and O–H groups in total. The zero-order valence-electron chi connectivity index (χ0n) is 6.22. The number of hydrogen-bond acceptors (Lipinski definition) is 6. The third kappa shape index (κ3) is 14.1. The first-order valence-electron chi connectivity index (χ1n) is 2.68. The van der Waals surface area contributed by atoms with E-state index in [9.17, 15) is 0 Å². The number of hydrogen-bond donors (Lipinski definition) is 2. The predicted molar refractivity (Wildman–Crippen MR) is 55.0 cm³/mol. The van der Waals surface area contributed by atoms with Crippen molar-refractivity contribution >= 4 is 48.0 Å². The largest absolute Gasteiger partial charge is 2.00 e. The van der Waals surface area contributed by atoms with E-state index in [-0.39, 0.29) is 27.4 Å². The Morgan fingerprint density at radius 1 is 0.923 bits per heavy atom. The molecule has 75 valence electrons. The van der Waals surface area contributed by atoms with Crippen LogP contribution in [0.5, 0.6) is 0 Å². The van der Waals surface area contributed by atoms with Crippen LogP contribution in [-0.4, -0.2) is 22.8 Å². The molecule has 0 aliphatic heterocycles. The van der Waals surface area contributed by atoms with Crippen molar-refractivity contribution in [1.29, 1.82) is 0 Å². The fraction of sp³-hybridized carbons (Fsp3) is 0. The van der Waals surface area contributed by atoms with Crippen LogP contribution < -0.4 is 11.5 Å². The number of nitrogens with two attached hydrogens (primary N) is 2. The Morgan fingerprint density at radius 3 is 1.46 bits per heavy atom. The third-order valence-electron chi connectivity index (χ3n) is 0.513. The summed E-state index contributed by atoms with van der Waals surface area (Å²) in [6.45, 7) is 0. The van der Waals surface area contributed by atoms with Gasteiger partial charge < -0.3 is 36.7 Å². The summed E-state index contributed by atoms with van der Waals surface area (Å²) in [5, 5.41) is 13.4. The molecule has 0 rings (SSSR count). The molecule has 0 aliphatic rings. The average molecular weight is 266 g/mol. The zero-order valence-corrected chi connectivity index (χ0v) is 8.79. The van der Waals surface area contributed by atoms with E-state index in [1.165, 1.54) is 12.4 Å². The molecule has 6 nitrogen and oxygen atoms in total. The van der Waals surface area contributed by atoms with E-state index in [0.29, 0.717) is 0 Å². The monoisotopic (exact) mass is 265 g/mol. The van der Waals surface area contributed by atoms with Crippen LogP contribution in [0.15, 0.2) is 20.4 Å². The standard InChI is InChI=1S/C4H8N6S2.Cu/c5-3(11)9-7-1-2-8-10-4(6)12;/h1-2H,(H3,5,9,11)(H3,6,10,12);/q;+2/p-2/b7-1+,8-2+;. The minimum Gasteiger partial charge on any atom is -0.741 e. The minimum absolute atomic E-state index is 0. The van der Waals surface area contributed by atoms with Crippen molar-refractivity contribution in [3.8, 4) is 0 Å². The van der Waals surface area contributed by atoms with Crippen LogP contribution >= 0.6 is 0 Å². The third-order valence-corrected chi connectivity index (χ3v) is 0.676. The van der Waals surface area contributed by atoms with Gasteiger partial charge in [0.2, 0.25) is 0 Å². The molecule has 0 amide bonds. The molecule has 0 saturated carbocycles. The van der Waals surface area contributed by atoms with E-state index in [2.05, 4.69) is 45.7 Å². The molecule has 0 fully saturated rings. The average Bonchev–Trinajstić information content (AvgIpc) is 1.95. The van der Waals surface area contributed by atoms with Crippen molar-refractivity contribution in [1.82, 2.24) is 0 Å². The number of nitrogens with zero attached hydrogens (tertiary/aromatic N) is 4. The molecule has 1 radical (unpaired) electrons. The van der Waals surface area contributed by atoms with Gasteiger partial charge in [0.05, 0.1) is 12.4 Å². The van der Waals surface area contributed by atoms with Gasteiger partial charge in [-0.2, -0.15) is 20.4 Å². The molecule has 0 spiro atoms. The number of rotatable bonds is 3. The van der Waals surface area contributed by atoms with Crippen LogP contribution in [0.3, 0.4) is 0 Å². The van der Waals surface area contributed by atoms with Crippen molar-refractivity contribution in [3.05, 3.63) is 0 Å². The molecular weight excluding hydrogens is 260 g/mol. The van der Waals surface area contributed by atoms with Crippen LogP contribution in [0.25, 0.3) is 0 Å². The van der Waals surface area contributed by atoms with E-state index in [1.807, 2.05) is 0 Å². The normalized spacial score (nSPS) is 13.5. The van der Waals surface area contributed by atoms with Gasteiger partial charge in [-0.3, -0.25) is 0 Å². The molecule has 0 saturated heterocycles. The smallest absolute Gasteiger partial charge is 0.741 e. The van der Waals surface area contributed by atoms with Crippen LogP contribution in [-0.2, 0) is 42.3 Å². The summed E-state index contributed by atoms with van der Waals surface area (Å²) < 4.78 is 0. The summed E-state index contributed by atoms with van der Waals surface area (Å²) in [7, 11) is 0. The molecule has 0 unspecified atom stereocenters. The fourth-order valence-electron chi connectivity index (χ4n) is 0.240. The second-order valence-electron chi connectivity index (χ2n) is 1.41. The topological polar surface area (TPSA) is 101 Å². The van der Waals surface area contributed by atoms with Crippen molar-refractivity contribution in [2.75, 3.05) is 0 Å². The minimum atomic E-state index is -0.0501. The Morgan fingerprint density at radius 2 is 1.23 bits per heavy atom. The molecule has 13 heavy (non-hydrogen) atoms. The first kappa shape index (κ1) is 14.7. The molecular formula is C4H6CuN6S2. The van der Waals surface area contributed by atoms with Crippen LogP contribution in [0, 0.1) is 0 Å². The van der Waals surface area contributed by atoms with Gasteiger partial charge in [0.25, 0.3) is 0 Å². The Labute approximate surface area is 96.9 Å². The summed E-state index contributed by atoms with van der Waals surface area (Å²) in [5.41, 5.74) is 10.00. The van der Waals surface area contributed by atoms with Gasteiger partial charge in [0.1, 0.15) is 0 Å². The summed E-state index contributed by atoms with van der Waals surface area (Å²) in [6.07, 6.45) is 2.50. The van der Waals surface area contributed by atoms with Gasteiger partial charge in [0.15, 0.2) is 0 Å². The van der Waals surface area contributed by atoms with Crippen molar-refractivity contribution in [3.63, 3.8) is 0 Å². The van der Waals surface area contributed by atoms with Crippen LogP contribution in [0.2, 0.25) is 0 Å². The Bertz CT molecular complexity index is 213. The van der Waals surface area contributed by atoms with Gasteiger partial charge in [-0.25, -0.2) is 0 Å². The van der Waals surface area contributed by atoms with Crippen LogP contribution in [0.1, 0.15) is 0 Å². The molecule has 0 aromatic carbocycles. The second-order valence-corrected chi connectivity index (χ2v) is 2.24. The van der Waals surface area contributed by atoms with E-state index < -0.39 is 0 Å². The van der Waals surface area contributed by atoms with E-state index in [0.717, 1.165) is 0 Å². The Hall–Kier alpha value is -0.761. The van der Waals surface area contributed by atoms with Gasteiger partial charge in [-0.05, 0) is 10.3 Å². The molecule has 0 aromatic rings. The number of amidine groups is 2. The molecule has 9 heteroatoms. The first-order chi connectivity index (χ1) is 5.63. The maximum Gasteiger partial charge on any atom is 2.00 e. The van der Waals surface area contributed by atoms with Gasteiger partial charge in [0, 0.05) is 0 Å². The first-order valence-corrected chi connectivity index (χ1v) is 3.50. The Kier molecular flexibility index (Phi) is 10.6. The molecule has 0 aromatic heterocycles. The van der Waals surface area contributed by atoms with Gasteiger partial charge in [-0.1, -0.05) is 0 Å². The fourth-order valence-corrected chi connectivity index (χ4v) is 0.334. The predicted octanol–water partition coefficient (Wildman–Crippen LogP) is -1.32. The Balaban J connectivity index is 0. The van der Waals surface area contributed by atoms with Crippen LogP contribution in [0.4, 0.5) is 0 Å². The summed E-state index contributed by atoms with van der Waals surface area (Å²) >= 11 is 8.81. The van der Waals surface area contributed by atoms with E-state index >= 15 is 0 Å². The molecule has 0 bridgehead atoms. The second kappa shape index (κ2) is 9.33. The maximum atomic E-state index is 5.00. The quantitative estimate of drug-likeness (QED) is 0.217. The zero-order chi connectivity index (χ0) is 9.40. The van der Waals surface area contributed by atoms with E-state index in [1.54, 1.807) is 0 Å². The van der Waals surface area contributed by atoms with Crippen molar-refractivity contribution in [2.24, 2.45) is 31.9 Å². The molecule has 0 aliphatic carbocycles. The van der Waals surface area contributed by atoms with Crippen molar-refractivity contribution in [2.45, 2.75) is 0 Å². The molecule has 0 atom stereocenters.